The summed E-state index contributed by atoms with van der Waals surface area (Å²) >= 11 is 0. The van der Waals surface area contributed by atoms with Crippen LogP contribution >= 0.6 is 0 Å². The Labute approximate surface area is 100 Å². The van der Waals surface area contributed by atoms with Gasteiger partial charge in [0, 0.05) is 12.6 Å². The van der Waals surface area contributed by atoms with E-state index in [2.05, 4.69) is 18.6 Å². The van der Waals surface area contributed by atoms with Crippen molar-refractivity contribution in [3.63, 3.8) is 0 Å². The van der Waals surface area contributed by atoms with Crippen molar-refractivity contribution < 1.29 is 8.42 Å². The van der Waals surface area contributed by atoms with Crippen LogP contribution in [0.5, 0.6) is 0 Å². The Kier molecular flexibility index (Phi) is 7.19. The number of nitrogens with one attached hydrogen (secondary N) is 1. The molecule has 0 spiro atoms. The van der Waals surface area contributed by atoms with Gasteiger partial charge in [-0.2, -0.15) is 0 Å². The van der Waals surface area contributed by atoms with Crippen LogP contribution in [0.3, 0.4) is 0 Å². The minimum Gasteiger partial charge on any atom is -0.329 e. The third-order valence-electron chi connectivity index (χ3n) is 2.70. The zero-order chi connectivity index (χ0) is 12.8. The summed E-state index contributed by atoms with van der Waals surface area (Å²) in [6, 6.07) is -0.00648. The summed E-state index contributed by atoms with van der Waals surface area (Å²) in [5.41, 5.74) is 5.45. The van der Waals surface area contributed by atoms with Gasteiger partial charge in [0.15, 0.2) is 0 Å². The molecule has 2 atom stereocenters. The van der Waals surface area contributed by atoms with Crippen molar-refractivity contribution in [2.75, 3.05) is 6.54 Å². The van der Waals surface area contributed by atoms with E-state index in [1.165, 1.54) is 0 Å². The predicted molar refractivity (Wildman–Crippen MR) is 68.7 cm³/mol. The van der Waals surface area contributed by atoms with E-state index >= 15 is 0 Å². The lowest BCUT2D eigenvalue weighted by Gasteiger charge is -2.19. The molecule has 0 aliphatic heterocycles. The van der Waals surface area contributed by atoms with E-state index in [1.54, 1.807) is 0 Å². The van der Waals surface area contributed by atoms with E-state index in [4.69, 9.17) is 5.73 Å². The second-order valence-corrected chi connectivity index (χ2v) is 6.79. The minimum absolute atomic E-state index is 0.00648. The molecule has 3 N–H and O–H groups in total. The first-order valence-corrected chi connectivity index (χ1v) is 7.59. The summed E-state index contributed by atoms with van der Waals surface area (Å²) in [6.07, 6.45) is 2.46. The van der Waals surface area contributed by atoms with Crippen LogP contribution in [0.1, 0.15) is 47.0 Å². The average molecular weight is 250 g/mol. The van der Waals surface area contributed by atoms with Gasteiger partial charge in [0.05, 0.1) is 5.25 Å². The second kappa shape index (κ2) is 7.25. The number of nitrogens with two attached hydrogens (primary N) is 1. The molecule has 2 unspecified atom stereocenters. The Balaban J connectivity index is 4.25. The zero-order valence-electron chi connectivity index (χ0n) is 10.9. The molecule has 98 valence electrons. The molecular weight excluding hydrogens is 224 g/mol. The maximum atomic E-state index is 11.9. The molecule has 0 heterocycles. The summed E-state index contributed by atoms with van der Waals surface area (Å²) < 4.78 is 26.4. The van der Waals surface area contributed by atoms with Gasteiger partial charge < -0.3 is 5.73 Å². The van der Waals surface area contributed by atoms with E-state index < -0.39 is 15.3 Å². The molecule has 0 saturated carbocycles. The molecule has 0 aromatic carbocycles. The quantitative estimate of drug-likeness (QED) is 0.685. The van der Waals surface area contributed by atoms with Gasteiger partial charge in [-0.1, -0.05) is 20.8 Å². The lowest BCUT2D eigenvalue weighted by Crippen LogP contribution is -2.42. The molecular formula is C11H26N2O2S. The van der Waals surface area contributed by atoms with E-state index in [0.717, 1.165) is 12.8 Å². The van der Waals surface area contributed by atoms with Crippen LogP contribution < -0.4 is 10.5 Å². The molecule has 0 aliphatic carbocycles. The highest BCUT2D eigenvalue weighted by Crippen LogP contribution is 2.09. The molecule has 0 aliphatic rings. The number of hydrogen-bond donors (Lipinski definition) is 2. The lowest BCUT2D eigenvalue weighted by molar-refractivity contribution is 0.481. The molecule has 5 heteroatoms. The first kappa shape index (κ1) is 15.9. The van der Waals surface area contributed by atoms with Crippen molar-refractivity contribution >= 4 is 10.0 Å². The fraction of sp³-hybridized carbons (Fsp3) is 1.00. The number of rotatable bonds is 8. The van der Waals surface area contributed by atoms with Crippen molar-refractivity contribution in [1.29, 1.82) is 0 Å². The highest BCUT2D eigenvalue weighted by atomic mass is 32.2. The molecule has 0 rings (SSSR count). The first-order chi connectivity index (χ1) is 7.33. The number of sulfonamides is 1. The molecule has 0 bridgehead atoms. The largest absolute Gasteiger partial charge is 0.329 e. The number of hydrogen-bond acceptors (Lipinski definition) is 3. The topological polar surface area (TPSA) is 72.2 Å². The third kappa shape index (κ3) is 5.82. The Hall–Kier alpha value is -0.130. The van der Waals surface area contributed by atoms with Gasteiger partial charge in [0.1, 0.15) is 0 Å². The maximum Gasteiger partial charge on any atom is 0.215 e. The van der Waals surface area contributed by atoms with Gasteiger partial charge in [-0.25, -0.2) is 13.1 Å². The minimum atomic E-state index is -3.24. The van der Waals surface area contributed by atoms with Gasteiger partial charge in [-0.15, -0.1) is 0 Å². The predicted octanol–water partition coefficient (Wildman–Crippen LogP) is 1.47. The highest BCUT2D eigenvalue weighted by Gasteiger charge is 2.23. The van der Waals surface area contributed by atoms with Gasteiger partial charge in [-0.05, 0) is 32.1 Å². The molecule has 4 nitrogen and oxygen atoms in total. The molecule has 0 aromatic heterocycles. The van der Waals surface area contributed by atoms with Crippen LogP contribution in [-0.2, 0) is 10.0 Å². The van der Waals surface area contributed by atoms with Gasteiger partial charge >= 0.3 is 0 Å². The van der Waals surface area contributed by atoms with Crippen molar-refractivity contribution in [1.82, 2.24) is 4.72 Å². The van der Waals surface area contributed by atoms with Crippen LogP contribution in [0.2, 0.25) is 0 Å². The molecule has 0 saturated heterocycles. The third-order valence-corrected chi connectivity index (χ3v) is 4.83. The zero-order valence-corrected chi connectivity index (χ0v) is 11.7. The van der Waals surface area contributed by atoms with Gasteiger partial charge in [-0.3, -0.25) is 0 Å². The Morgan fingerprint density at radius 2 is 1.75 bits per heavy atom. The SMILES string of the molecule is CCC(CN)S(=O)(=O)NC(C)CCC(C)C. The van der Waals surface area contributed by atoms with Crippen molar-refractivity contribution in [3.05, 3.63) is 0 Å². The van der Waals surface area contributed by atoms with Crippen LogP contribution in [0.25, 0.3) is 0 Å². The average Bonchev–Trinajstić information content (AvgIpc) is 2.15. The Bertz CT molecular complexity index is 272. The smallest absolute Gasteiger partial charge is 0.215 e. The van der Waals surface area contributed by atoms with Gasteiger partial charge in [0.2, 0.25) is 10.0 Å². The summed E-state index contributed by atoms with van der Waals surface area (Å²) in [6.45, 7) is 8.20. The molecule has 0 radical (unpaired) electrons. The van der Waals surface area contributed by atoms with Crippen molar-refractivity contribution in [2.24, 2.45) is 11.7 Å². The van der Waals surface area contributed by atoms with E-state index in [9.17, 15) is 8.42 Å². The molecule has 16 heavy (non-hydrogen) atoms. The lowest BCUT2D eigenvalue weighted by atomic mass is 10.1. The van der Waals surface area contributed by atoms with Crippen molar-refractivity contribution in [3.8, 4) is 0 Å². The van der Waals surface area contributed by atoms with Crippen LogP contribution in [-0.4, -0.2) is 26.3 Å². The molecule has 0 fully saturated rings. The Morgan fingerprint density at radius 1 is 1.19 bits per heavy atom. The maximum absolute atomic E-state index is 11.9. The fourth-order valence-corrected chi connectivity index (χ4v) is 3.10. The molecule has 0 amide bonds. The van der Waals surface area contributed by atoms with Crippen LogP contribution in [0.4, 0.5) is 0 Å². The summed E-state index contributed by atoms with van der Waals surface area (Å²) in [5, 5.41) is -0.464. The first-order valence-electron chi connectivity index (χ1n) is 6.04. The standard InChI is InChI=1S/C11H26N2O2S/c1-5-11(8-12)16(14,15)13-10(4)7-6-9(2)3/h9-11,13H,5-8,12H2,1-4H3. The van der Waals surface area contributed by atoms with Gasteiger partial charge in [0.25, 0.3) is 0 Å². The molecule has 0 aromatic rings. The van der Waals surface area contributed by atoms with Crippen LogP contribution in [0.15, 0.2) is 0 Å². The summed E-state index contributed by atoms with van der Waals surface area (Å²) in [7, 11) is -3.24. The Morgan fingerprint density at radius 3 is 2.12 bits per heavy atom. The summed E-state index contributed by atoms with van der Waals surface area (Å²) in [5.74, 6) is 0.600. The van der Waals surface area contributed by atoms with E-state index in [1.807, 2.05) is 13.8 Å². The highest BCUT2D eigenvalue weighted by molar-refractivity contribution is 7.90. The fourth-order valence-electron chi connectivity index (χ4n) is 1.53. The van der Waals surface area contributed by atoms with Crippen LogP contribution in [0, 0.1) is 5.92 Å². The monoisotopic (exact) mass is 250 g/mol. The second-order valence-electron chi connectivity index (χ2n) is 4.80. The van der Waals surface area contributed by atoms with E-state index in [0.29, 0.717) is 12.3 Å². The normalized spacial score (nSPS) is 16.4. The summed E-state index contributed by atoms with van der Waals surface area (Å²) in [4.78, 5) is 0. The van der Waals surface area contributed by atoms with Crippen molar-refractivity contribution in [2.45, 2.75) is 58.2 Å². The van der Waals surface area contributed by atoms with E-state index in [-0.39, 0.29) is 12.6 Å².